The second-order valence-electron chi connectivity index (χ2n) is 5.02. The van der Waals surface area contributed by atoms with E-state index in [1.807, 2.05) is 0 Å². The molecule has 2 heterocycles. The molecule has 1 aliphatic heterocycles. The normalized spacial score (nSPS) is 26.5. The van der Waals surface area contributed by atoms with Gasteiger partial charge in [0.15, 0.2) is 5.82 Å². The second kappa shape index (κ2) is 5.14. The Balaban J connectivity index is 1.59. The molecule has 1 aromatic rings. The maximum absolute atomic E-state index is 5.67. The minimum atomic E-state index is 0.244. The molecule has 1 aromatic heterocycles. The van der Waals surface area contributed by atoms with Crippen LogP contribution in [0.1, 0.15) is 43.3 Å². The lowest BCUT2D eigenvalue weighted by Gasteiger charge is -2.22. The number of hydrogen-bond donors (Lipinski definition) is 2. The fourth-order valence-corrected chi connectivity index (χ4v) is 2.73. The van der Waals surface area contributed by atoms with Crippen LogP contribution in [0.4, 0.5) is 0 Å². The van der Waals surface area contributed by atoms with Gasteiger partial charge in [-0.15, -0.1) is 0 Å². The molecule has 5 heteroatoms. The molecule has 1 atom stereocenters. The van der Waals surface area contributed by atoms with Gasteiger partial charge in [0.2, 0.25) is 0 Å². The van der Waals surface area contributed by atoms with Gasteiger partial charge in [-0.1, -0.05) is 12.8 Å². The zero-order valence-corrected chi connectivity index (χ0v) is 10.1. The van der Waals surface area contributed by atoms with Gasteiger partial charge < -0.3 is 10.1 Å². The van der Waals surface area contributed by atoms with Crippen LogP contribution in [0.3, 0.4) is 0 Å². The molecule has 0 spiro atoms. The highest BCUT2D eigenvalue weighted by molar-refractivity contribution is 5.01. The SMILES string of the molecule is C1CCC(c2n[nH]c(CC3CNCCO3)n2)C1. The highest BCUT2D eigenvalue weighted by atomic mass is 16.5. The van der Waals surface area contributed by atoms with E-state index in [-0.39, 0.29) is 6.10 Å². The quantitative estimate of drug-likeness (QED) is 0.821. The Morgan fingerprint density at radius 2 is 2.18 bits per heavy atom. The average molecular weight is 236 g/mol. The van der Waals surface area contributed by atoms with Crippen molar-refractivity contribution in [2.24, 2.45) is 0 Å². The van der Waals surface area contributed by atoms with Crippen LogP contribution in [0, 0.1) is 0 Å². The third-order valence-corrected chi connectivity index (χ3v) is 3.69. The first kappa shape index (κ1) is 11.2. The Kier molecular flexibility index (Phi) is 3.38. The zero-order valence-electron chi connectivity index (χ0n) is 10.1. The second-order valence-corrected chi connectivity index (χ2v) is 5.02. The van der Waals surface area contributed by atoms with E-state index >= 15 is 0 Å². The molecule has 2 N–H and O–H groups in total. The summed E-state index contributed by atoms with van der Waals surface area (Å²) < 4.78 is 5.67. The van der Waals surface area contributed by atoms with Crippen molar-refractivity contribution in [2.45, 2.75) is 44.1 Å². The number of hydrogen-bond acceptors (Lipinski definition) is 4. The largest absolute Gasteiger partial charge is 0.375 e. The van der Waals surface area contributed by atoms with Crippen LogP contribution >= 0.6 is 0 Å². The summed E-state index contributed by atoms with van der Waals surface area (Å²) in [6, 6.07) is 0. The van der Waals surface area contributed by atoms with Crippen molar-refractivity contribution in [1.82, 2.24) is 20.5 Å². The highest BCUT2D eigenvalue weighted by Crippen LogP contribution is 2.31. The lowest BCUT2D eigenvalue weighted by Crippen LogP contribution is -2.39. The Morgan fingerprint density at radius 3 is 2.94 bits per heavy atom. The molecule has 5 nitrogen and oxygen atoms in total. The van der Waals surface area contributed by atoms with E-state index in [2.05, 4.69) is 20.5 Å². The van der Waals surface area contributed by atoms with Crippen LogP contribution in [-0.4, -0.2) is 41.0 Å². The molecule has 17 heavy (non-hydrogen) atoms. The van der Waals surface area contributed by atoms with Crippen LogP contribution in [0.2, 0.25) is 0 Å². The number of ether oxygens (including phenoxy) is 1. The molecule has 1 aliphatic carbocycles. The van der Waals surface area contributed by atoms with Crippen molar-refractivity contribution in [1.29, 1.82) is 0 Å². The molecule has 94 valence electrons. The molecule has 0 radical (unpaired) electrons. The van der Waals surface area contributed by atoms with Crippen LogP contribution in [0.5, 0.6) is 0 Å². The number of aromatic nitrogens is 3. The number of nitrogens with one attached hydrogen (secondary N) is 2. The third kappa shape index (κ3) is 2.66. The third-order valence-electron chi connectivity index (χ3n) is 3.69. The summed E-state index contributed by atoms with van der Waals surface area (Å²) in [5.74, 6) is 2.58. The number of morpholine rings is 1. The first-order valence-electron chi connectivity index (χ1n) is 6.65. The summed E-state index contributed by atoms with van der Waals surface area (Å²) in [4.78, 5) is 4.61. The zero-order chi connectivity index (χ0) is 11.5. The van der Waals surface area contributed by atoms with E-state index in [1.165, 1.54) is 25.7 Å². The van der Waals surface area contributed by atoms with E-state index in [4.69, 9.17) is 4.74 Å². The highest BCUT2D eigenvalue weighted by Gasteiger charge is 2.22. The Labute approximate surface area is 101 Å². The summed E-state index contributed by atoms with van der Waals surface area (Å²) in [7, 11) is 0. The maximum Gasteiger partial charge on any atom is 0.153 e. The average Bonchev–Trinajstić information content (AvgIpc) is 3.00. The van der Waals surface area contributed by atoms with Gasteiger partial charge in [0.05, 0.1) is 12.7 Å². The van der Waals surface area contributed by atoms with Crippen molar-refractivity contribution >= 4 is 0 Å². The first-order valence-corrected chi connectivity index (χ1v) is 6.65. The summed E-state index contributed by atoms with van der Waals surface area (Å²) in [5, 5.41) is 10.7. The van der Waals surface area contributed by atoms with Crippen molar-refractivity contribution < 1.29 is 4.74 Å². The van der Waals surface area contributed by atoms with Crippen LogP contribution in [0.15, 0.2) is 0 Å². The Hall–Kier alpha value is -0.940. The summed E-state index contributed by atoms with van der Waals surface area (Å²) in [5.41, 5.74) is 0. The van der Waals surface area contributed by atoms with Crippen molar-refractivity contribution in [3.63, 3.8) is 0 Å². The minimum absolute atomic E-state index is 0.244. The van der Waals surface area contributed by atoms with Gasteiger partial charge >= 0.3 is 0 Å². The molecule has 1 saturated carbocycles. The van der Waals surface area contributed by atoms with E-state index < -0.39 is 0 Å². The molecule has 0 aromatic carbocycles. The standard InChI is InChI=1S/C12H20N4O/c1-2-4-9(3-1)12-14-11(15-16-12)7-10-8-13-5-6-17-10/h9-10,13H,1-8H2,(H,14,15,16). The molecule has 2 fully saturated rings. The topological polar surface area (TPSA) is 62.8 Å². The predicted octanol–water partition coefficient (Wildman–Crippen LogP) is 0.993. The predicted molar refractivity (Wildman–Crippen MR) is 63.9 cm³/mol. The number of aromatic amines is 1. The summed E-state index contributed by atoms with van der Waals surface area (Å²) >= 11 is 0. The number of nitrogens with zero attached hydrogens (tertiary/aromatic N) is 2. The number of rotatable bonds is 3. The van der Waals surface area contributed by atoms with Crippen LogP contribution in [-0.2, 0) is 11.2 Å². The Bertz CT molecular complexity index is 353. The lowest BCUT2D eigenvalue weighted by atomic mass is 10.1. The van der Waals surface area contributed by atoms with Gasteiger partial charge in [-0.25, -0.2) is 4.98 Å². The van der Waals surface area contributed by atoms with Crippen molar-refractivity contribution in [2.75, 3.05) is 19.7 Å². The van der Waals surface area contributed by atoms with Gasteiger partial charge in [-0.3, -0.25) is 5.10 Å². The van der Waals surface area contributed by atoms with Gasteiger partial charge in [0.25, 0.3) is 0 Å². The van der Waals surface area contributed by atoms with E-state index in [1.54, 1.807) is 0 Å². The van der Waals surface area contributed by atoms with Gasteiger partial charge in [0.1, 0.15) is 5.82 Å². The van der Waals surface area contributed by atoms with Gasteiger partial charge in [0, 0.05) is 25.4 Å². The van der Waals surface area contributed by atoms with Crippen LogP contribution < -0.4 is 5.32 Å². The molecular weight excluding hydrogens is 216 g/mol. The minimum Gasteiger partial charge on any atom is -0.375 e. The number of H-pyrrole nitrogens is 1. The van der Waals surface area contributed by atoms with E-state index in [0.29, 0.717) is 5.92 Å². The molecule has 0 bridgehead atoms. The molecule has 3 rings (SSSR count). The fourth-order valence-electron chi connectivity index (χ4n) is 2.73. The van der Waals surface area contributed by atoms with Crippen LogP contribution in [0.25, 0.3) is 0 Å². The smallest absolute Gasteiger partial charge is 0.153 e. The summed E-state index contributed by atoms with van der Waals surface area (Å²) in [6.07, 6.45) is 6.23. The monoisotopic (exact) mass is 236 g/mol. The maximum atomic E-state index is 5.67. The molecule has 1 saturated heterocycles. The fraction of sp³-hybridized carbons (Fsp3) is 0.833. The molecule has 0 amide bonds. The van der Waals surface area contributed by atoms with Crippen molar-refractivity contribution in [3.05, 3.63) is 11.6 Å². The molecule has 2 aliphatic rings. The summed E-state index contributed by atoms with van der Waals surface area (Å²) in [6.45, 7) is 2.67. The van der Waals surface area contributed by atoms with E-state index in [9.17, 15) is 0 Å². The first-order chi connectivity index (χ1) is 8.42. The van der Waals surface area contributed by atoms with E-state index in [0.717, 1.165) is 37.8 Å². The lowest BCUT2D eigenvalue weighted by molar-refractivity contribution is 0.0281. The Morgan fingerprint density at radius 1 is 1.29 bits per heavy atom. The van der Waals surface area contributed by atoms with Crippen molar-refractivity contribution in [3.8, 4) is 0 Å². The van der Waals surface area contributed by atoms with Gasteiger partial charge in [-0.05, 0) is 12.8 Å². The van der Waals surface area contributed by atoms with Gasteiger partial charge in [-0.2, -0.15) is 5.10 Å². The molecular formula is C12H20N4O. The molecule has 1 unspecified atom stereocenters.